The van der Waals surface area contributed by atoms with Gasteiger partial charge >= 0.3 is 0 Å². The second kappa shape index (κ2) is 7.69. The molecule has 1 heterocycles. The normalized spacial score (nSPS) is 10.4. The highest BCUT2D eigenvalue weighted by molar-refractivity contribution is 5.99. The maximum Gasteiger partial charge on any atom is 0.255 e. The zero-order valence-corrected chi connectivity index (χ0v) is 14.4. The average Bonchev–Trinajstić information content (AvgIpc) is 3.16. The third-order valence-corrected chi connectivity index (χ3v) is 3.95. The minimum Gasteiger partial charge on any atom is -0.493 e. The molecule has 0 atom stereocenters. The molecule has 1 aromatic heterocycles. The first kappa shape index (κ1) is 17.5. The summed E-state index contributed by atoms with van der Waals surface area (Å²) in [7, 11) is 3.09. The zero-order valence-electron chi connectivity index (χ0n) is 14.4. The Labute approximate surface area is 150 Å². The summed E-state index contributed by atoms with van der Waals surface area (Å²) < 4.78 is 24.2. The van der Waals surface area contributed by atoms with Crippen molar-refractivity contribution in [1.29, 1.82) is 0 Å². The van der Waals surface area contributed by atoms with Gasteiger partial charge < -0.3 is 14.8 Å². The van der Waals surface area contributed by atoms with Gasteiger partial charge in [0.25, 0.3) is 5.91 Å². The van der Waals surface area contributed by atoms with Crippen LogP contribution in [-0.4, -0.2) is 30.3 Å². The Balaban J connectivity index is 1.82. The van der Waals surface area contributed by atoms with Crippen LogP contribution in [0.1, 0.15) is 15.9 Å². The van der Waals surface area contributed by atoms with E-state index in [-0.39, 0.29) is 18.3 Å². The molecule has 7 heteroatoms. The van der Waals surface area contributed by atoms with E-state index in [0.717, 1.165) is 5.56 Å². The zero-order chi connectivity index (χ0) is 18.5. The number of aromatic nitrogens is 2. The predicted octanol–water partition coefficient (Wildman–Crippen LogP) is 3.16. The van der Waals surface area contributed by atoms with Gasteiger partial charge in [0.15, 0.2) is 11.5 Å². The standard InChI is InChI=1S/C19H18FN3O3/c1-25-16-8-7-12(9-17(16)26-2)18-14(11-22-23-18)19(24)21-10-13-5-3-4-6-15(13)20/h3-9,11H,10H2,1-2H3,(H,21,24)(H,22,23). The maximum absolute atomic E-state index is 13.7. The van der Waals surface area contributed by atoms with Crippen LogP contribution < -0.4 is 14.8 Å². The number of halogens is 1. The second-order valence-electron chi connectivity index (χ2n) is 5.50. The molecule has 0 unspecified atom stereocenters. The van der Waals surface area contributed by atoms with Crippen LogP contribution in [0, 0.1) is 5.82 Å². The van der Waals surface area contributed by atoms with Crippen molar-refractivity contribution < 1.29 is 18.7 Å². The molecule has 0 saturated heterocycles. The SMILES string of the molecule is COc1ccc(-c2[nH]ncc2C(=O)NCc2ccccc2F)cc1OC. The number of H-pyrrole nitrogens is 1. The number of ether oxygens (including phenoxy) is 2. The van der Waals surface area contributed by atoms with Crippen molar-refractivity contribution in [3.05, 3.63) is 65.6 Å². The number of nitrogens with one attached hydrogen (secondary N) is 2. The van der Waals surface area contributed by atoms with Crippen molar-refractivity contribution in [3.63, 3.8) is 0 Å². The summed E-state index contributed by atoms with van der Waals surface area (Å²) in [5, 5.41) is 9.49. The van der Waals surface area contributed by atoms with Gasteiger partial charge in [0.05, 0.1) is 31.7 Å². The van der Waals surface area contributed by atoms with Gasteiger partial charge in [-0.1, -0.05) is 18.2 Å². The first-order valence-corrected chi connectivity index (χ1v) is 7.91. The lowest BCUT2D eigenvalue weighted by Gasteiger charge is -2.10. The largest absolute Gasteiger partial charge is 0.493 e. The van der Waals surface area contributed by atoms with E-state index >= 15 is 0 Å². The van der Waals surface area contributed by atoms with Gasteiger partial charge in [0.1, 0.15) is 5.82 Å². The van der Waals surface area contributed by atoms with E-state index in [0.29, 0.717) is 28.3 Å². The molecule has 1 amide bonds. The number of methoxy groups -OCH3 is 2. The number of carbonyl (C=O) groups is 1. The molecule has 0 spiro atoms. The van der Waals surface area contributed by atoms with Gasteiger partial charge in [-0.05, 0) is 24.3 Å². The fraction of sp³-hybridized carbons (Fsp3) is 0.158. The Kier molecular flexibility index (Phi) is 5.17. The minimum absolute atomic E-state index is 0.0854. The lowest BCUT2D eigenvalue weighted by atomic mass is 10.1. The molecule has 134 valence electrons. The topological polar surface area (TPSA) is 76.2 Å². The molecule has 0 aliphatic carbocycles. The van der Waals surface area contributed by atoms with Gasteiger partial charge in [0.2, 0.25) is 0 Å². The predicted molar refractivity (Wildman–Crippen MR) is 94.7 cm³/mol. The maximum atomic E-state index is 13.7. The molecule has 2 aromatic carbocycles. The van der Waals surface area contributed by atoms with Crippen molar-refractivity contribution in [3.8, 4) is 22.8 Å². The van der Waals surface area contributed by atoms with Crippen molar-refractivity contribution in [2.24, 2.45) is 0 Å². The number of amides is 1. The molecule has 0 radical (unpaired) electrons. The highest BCUT2D eigenvalue weighted by atomic mass is 19.1. The van der Waals surface area contributed by atoms with Gasteiger partial charge in [-0.25, -0.2) is 4.39 Å². The molecule has 0 aliphatic heterocycles. The Hall–Kier alpha value is -3.35. The Bertz CT molecular complexity index is 924. The summed E-state index contributed by atoms with van der Waals surface area (Å²) in [5.74, 6) is 0.408. The molecular weight excluding hydrogens is 337 g/mol. The van der Waals surface area contributed by atoms with Gasteiger partial charge in [-0.3, -0.25) is 9.89 Å². The van der Waals surface area contributed by atoms with E-state index in [4.69, 9.17) is 9.47 Å². The Morgan fingerprint density at radius 2 is 1.92 bits per heavy atom. The lowest BCUT2D eigenvalue weighted by Crippen LogP contribution is -2.23. The fourth-order valence-electron chi connectivity index (χ4n) is 2.58. The molecular formula is C19H18FN3O3. The van der Waals surface area contributed by atoms with Crippen LogP contribution in [0.25, 0.3) is 11.3 Å². The van der Waals surface area contributed by atoms with E-state index < -0.39 is 0 Å². The molecule has 0 saturated carbocycles. The molecule has 3 aromatic rings. The lowest BCUT2D eigenvalue weighted by molar-refractivity contribution is 0.0951. The van der Waals surface area contributed by atoms with Crippen LogP contribution in [0.15, 0.2) is 48.7 Å². The average molecular weight is 355 g/mol. The Morgan fingerprint density at radius 3 is 2.65 bits per heavy atom. The fourth-order valence-corrected chi connectivity index (χ4v) is 2.58. The summed E-state index contributed by atoms with van der Waals surface area (Å²) in [6, 6.07) is 11.6. The number of hydrogen-bond donors (Lipinski definition) is 2. The van der Waals surface area contributed by atoms with Crippen LogP contribution in [-0.2, 0) is 6.54 Å². The second-order valence-corrected chi connectivity index (χ2v) is 5.50. The van der Waals surface area contributed by atoms with Crippen LogP contribution in [0.2, 0.25) is 0 Å². The number of nitrogens with zero attached hydrogens (tertiary/aromatic N) is 1. The molecule has 0 bridgehead atoms. The molecule has 3 rings (SSSR count). The number of rotatable bonds is 6. The summed E-state index contributed by atoms with van der Waals surface area (Å²) in [4.78, 5) is 12.5. The van der Waals surface area contributed by atoms with E-state index in [1.54, 1.807) is 43.5 Å². The first-order chi connectivity index (χ1) is 12.6. The van der Waals surface area contributed by atoms with E-state index in [1.807, 2.05) is 0 Å². The van der Waals surface area contributed by atoms with E-state index in [1.165, 1.54) is 19.4 Å². The summed E-state index contributed by atoms with van der Waals surface area (Å²) in [6.07, 6.45) is 1.43. The van der Waals surface area contributed by atoms with Gasteiger partial charge in [0, 0.05) is 17.7 Å². The number of carbonyl (C=O) groups excluding carboxylic acids is 1. The summed E-state index contributed by atoms with van der Waals surface area (Å²) in [5.41, 5.74) is 2.03. The molecule has 0 aliphatic rings. The van der Waals surface area contributed by atoms with E-state index in [9.17, 15) is 9.18 Å². The van der Waals surface area contributed by atoms with Crippen LogP contribution in [0.5, 0.6) is 11.5 Å². The minimum atomic E-state index is -0.361. The number of benzene rings is 2. The first-order valence-electron chi connectivity index (χ1n) is 7.91. The van der Waals surface area contributed by atoms with Crippen LogP contribution in [0.3, 0.4) is 0 Å². The van der Waals surface area contributed by atoms with Crippen molar-refractivity contribution in [2.75, 3.05) is 14.2 Å². The van der Waals surface area contributed by atoms with Crippen LogP contribution in [0.4, 0.5) is 4.39 Å². The van der Waals surface area contributed by atoms with Crippen LogP contribution >= 0.6 is 0 Å². The number of aromatic amines is 1. The summed E-state index contributed by atoms with van der Waals surface area (Å²) >= 11 is 0. The quantitative estimate of drug-likeness (QED) is 0.712. The van der Waals surface area contributed by atoms with Crippen molar-refractivity contribution in [1.82, 2.24) is 15.5 Å². The highest BCUT2D eigenvalue weighted by Gasteiger charge is 2.17. The Morgan fingerprint density at radius 1 is 1.15 bits per heavy atom. The highest BCUT2D eigenvalue weighted by Crippen LogP contribution is 2.32. The third-order valence-electron chi connectivity index (χ3n) is 3.95. The van der Waals surface area contributed by atoms with Gasteiger partial charge in [-0.15, -0.1) is 0 Å². The smallest absolute Gasteiger partial charge is 0.255 e. The molecule has 2 N–H and O–H groups in total. The van der Waals surface area contributed by atoms with E-state index in [2.05, 4.69) is 15.5 Å². The van der Waals surface area contributed by atoms with Crippen molar-refractivity contribution in [2.45, 2.75) is 6.54 Å². The number of hydrogen-bond acceptors (Lipinski definition) is 4. The molecule has 6 nitrogen and oxygen atoms in total. The third kappa shape index (κ3) is 3.51. The van der Waals surface area contributed by atoms with Gasteiger partial charge in [-0.2, -0.15) is 5.10 Å². The monoisotopic (exact) mass is 355 g/mol. The van der Waals surface area contributed by atoms with Crippen molar-refractivity contribution >= 4 is 5.91 Å². The molecule has 0 fully saturated rings. The molecule has 26 heavy (non-hydrogen) atoms. The summed E-state index contributed by atoms with van der Waals surface area (Å²) in [6.45, 7) is 0.0854.